The standard InChI is InChI=1S/C27H42N2O/c1-6-7-18-27(5,25(30)28-26(2,3)4)22-16-19-29(20-17-22)24-15-11-9-13-21-12-8-10-14-23(21)24/h6,8,10,12,14,22,24H,1,7,9,11,13,15-20H2,2-5H3,(H,28,30). The fourth-order valence-electron chi connectivity index (χ4n) is 5.51. The second-order valence-electron chi connectivity index (χ2n) is 10.7. The Balaban J connectivity index is 1.72. The van der Waals surface area contributed by atoms with Crippen molar-refractivity contribution < 1.29 is 4.79 Å². The predicted octanol–water partition coefficient (Wildman–Crippen LogP) is 6.05. The van der Waals surface area contributed by atoms with E-state index in [9.17, 15) is 4.79 Å². The summed E-state index contributed by atoms with van der Waals surface area (Å²) in [5.74, 6) is 0.646. The zero-order chi connectivity index (χ0) is 21.8. The molecule has 0 spiro atoms. The molecule has 30 heavy (non-hydrogen) atoms. The predicted molar refractivity (Wildman–Crippen MR) is 126 cm³/mol. The van der Waals surface area contributed by atoms with Crippen LogP contribution in [0.15, 0.2) is 36.9 Å². The zero-order valence-corrected chi connectivity index (χ0v) is 19.7. The lowest BCUT2D eigenvalue weighted by molar-refractivity contribution is -0.136. The Kier molecular flexibility index (Phi) is 7.44. The van der Waals surface area contributed by atoms with Crippen LogP contribution in [-0.4, -0.2) is 29.4 Å². The smallest absolute Gasteiger partial charge is 0.226 e. The van der Waals surface area contributed by atoms with Crippen molar-refractivity contribution >= 4 is 5.91 Å². The lowest BCUT2D eigenvalue weighted by Crippen LogP contribution is -2.52. The van der Waals surface area contributed by atoms with Crippen molar-refractivity contribution in [3.8, 4) is 0 Å². The molecule has 3 nitrogen and oxygen atoms in total. The van der Waals surface area contributed by atoms with Gasteiger partial charge in [-0.15, -0.1) is 6.58 Å². The van der Waals surface area contributed by atoms with Gasteiger partial charge >= 0.3 is 0 Å². The Bertz CT molecular complexity index is 727. The van der Waals surface area contributed by atoms with Gasteiger partial charge in [-0.3, -0.25) is 9.69 Å². The summed E-state index contributed by atoms with van der Waals surface area (Å²) >= 11 is 0. The summed E-state index contributed by atoms with van der Waals surface area (Å²) in [6.45, 7) is 14.5. The Hall–Kier alpha value is -1.61. The summed E-state index contributed by atoms with van der Waals surface area (Å²) in [6.07, 6.45) is 11.0. The molecule has 3 heteroatoms. The number of likely N-dealkylation sites (tertiary alicyclic amines) is 1. The number of aryl methyl sites for hydroxylation is 1. The van der Waals surface area contributed by atoms with E-state index in [-0.39, 0.29) is 16.9 Å². The van der Waals surface area contributed by atoms with Crippen LogP contribution in [0.3, 0.4) is 0 Å². The van der Waals surface area contributed by atoms with Crippen molar-refractivity contribution in [2.45, 2.75) is 90.6 Å². The fraction of sp³-hybridized carbons (Fsp3) is 0.667. The summed E-state index contributed by atoms with van der Waals surface area (Å²) in [5.41, 5.74) is 2.57. The number of benzene rings is 1. The number of carbonyl (C=O) groups is 1. The van der Waals surface area contributed by atoms with Crippen LogP contribution in [0, 0.1) is 11.3 Å². The van der Waals surface area contributed by atoms with Crippen molar-refractivity contribution in [2.75, 3.05) is 13.1 Å². The summed E-state index contributed by atoms with van der Waals surface area (Å²) < 4.78 is 0. The van der Waals surface area contributed by atoms with Gasteiger partial charge in [-0.05, 0) is 95.9 Å². The molecule has 1 aliphatic heterocycles. The Labute approximate surface area is 184 Å². The molecule has 2 atom stereocenters. The second-order valence-corrected chi connectivity index (χ2v) is 10.7. The molecular weight excluding hydrogens is 368 g/mol. The highest BCUT2D eigenvalue weighted by atomic mass is 16.2. The zero-order valence-electron chi connectivity index (χ0n) is 19.7. The third kappa shape index (κ3) is 5.35. The summed E-state index contributed by atoms with van der Waals surface area (Å²) in [7, 11) is 0. The van der Waals surface area contributed by atoms with E-state index in [2.05, 4.69) is 68.8 Å². The third-order valence-corrected chi connectivity index (χ3v) is 7.33. The van der Waals surface area contributed by atoms with E-state index in [1.165, 1.54) is 25.7 Å². The molecule has 1 heterocycles. The van der Waals surface area contributed by atoms with Crippen LogP contribution in [0.5, 0.6) is 0 Å². The number of amides is 1. The number of carbonyl (C=O) groups excluding carboxylic acids is 1. The molecular formula is C27H42N2O. The van der Waals surface area contributed by atoms with Crippen LogP contribution >= 0.6 is 0 Å². The van der Waals surface area contributed by atoms with Gasteiger partial charge in [0.15, 0.2) is 0 Å². The maximum absolute atomic E-state index is 13.3. The van der Waals surface area contributed by atoms with Gasteiger partial charge in [0.25, 0.3) is 0 Å². The van der Waals surface area contributed by atoms with Crippen LogP contribution in [0.4, 0.5) is 0 Å². The molecule has 0 saturated carbocycles. The molecule has 0 aromatic heterocycles. The summed E-state index contributed by atoms with van der Waals surface area (Å²) in [4.78, 5) is 16.0. The first-order valence-corrected chi connectivity index (χ1v) is 12.0. The van der Waals surface area contributed by atoms with E-state index in [0.717, 1.165) is 38.8 Å². The quantitative estimate of drug-likeness (QED) is 0.457. The van der Waals surface area contributed by atoms with Gasteiger partial charge in [-0.1, -0.05) is 43.7 Å². The van der Waals surface area contributed by atoms with Crippen LogP contribution in [0.25, 0.3) is 0 Å². The summed E-state index contributed by atoms with van der Waals surface area (Å²) in [5, 5.41) is 3.27. The number of piperidine rings is 1. The first-order valence-electron chi connectivity index (χ1n) is 12.0. The number of fused-ring (bicyclic) bond motifs is 1. The minimum atomic E-state index is -0.324. The van der Waals surface area contributed by atoms with Gasteiger partial charge in [0.05, 0.1) is 0 Å². The second kappa shape index (κ2) is 9.68. The first-order chi connectivity index (χ1) is 14.2. The maximum Gasteiger partial charge on any atom is 0.226 e. The highest BCUT2D eigenvalue weighted by Gasteiger charge is 2.43. The largest absolute Gasteiger partial charge is 0.351 e. The van der Waals surface area contributed by atoms with Gasteiger partial charge < -0.3 is 5.32 Å². The molecule has 2 unspecified atom stereocenters. The van der Waals surface area contributed by atoms with Gasteiger partial charge in [0.2, 0.25) is 5.91 Å². The Morgan fingerprint density at radius 3 is 2.50 bits per heavy atom. The molecule has 0 radical (unpaired) electrons. The van der Waals surface area contributed by atoms with E-state index in [1.807, 2.05) is 6.08 Å². The van der Waals surface area contributed by atoms with Crippen LogP contribution in [0.1, 0.15) is 89.8 Å². The highest BCUT2D eigenvalue weighted by molar-refractivity contribution is 5.83. The SMILES string of the molecule is C=CCCC(C)(C(=O)NC(C)(C)C)C1CCN(C2CCCCc3ccccc32)CC1. The number of rotatable bonds is 6. The van der Waals surface area contributed by atoms with Crippen molar-refractivity contribution in [2.24, 2.45) is 11.3 Å². The van der Waals surface area contributed by atoms with E-state index >= 15 is 0 Å². The monoisotopic (exact) mass is 410 g/mol. The maximum atomic E-state index is 13.3. The number of nitrogens with one attached hydrogen (secondary N) is 1. The minimum Gasteiger partial charge on any atom is -0.351 e. The average molecular weight is 411 g/mol. The average Bonchev–Trinajstić information content (AvgIpc) is 2.93. The highest BCUT2D eigenvalue weighted by Crippen LogP contribution is 2.43. The molecule has 1 aromatic rings. The van der Waals surface area contributed by atoms with Gasteiger partial charge in [-0.2, -0.15) is 0 Å². The molecule has 166 valence electrons. The lowest BCUT2D eigenvalue weighted by Gasteiger charge is -2.45. The fourth-order valence-corrected chi connectivity index (χ4v) is 5.51. The normalized spacial score (nSPS) is 23.1. The molecule has 1 fully saturated rings. The molecule has 0 bridgehead atoms. The van der Waals surface area contributed by atoms with Crippen LogP contribution < -0.4 is 5.32 Å². The van der Waals surface area contributed by atoms with Crippen molar-refractivity contribution in [3.05, 3.63) is 48.0 Å². The Morgan fingerprint density at radius 1 is 1.13 bits per heavy atom. The molecule has 2 aliphatic rings. The molecule has 1 aliphatic carbocycles. The van der Waals surface area contributed by atoms with E-state index in [1.54, 1.807) is 11.1 Å². The van der Waals surface area contributed by atoms with Crippen LogP contribution in [0.2, 0.25) is 0 Å². The number of hydrogen-bond donors (Lipinski definition) is 1. The van der Waals surface area contributed by atoms with E-state index in [0.29, 0.717) is 12.0 Å². The Morgan fingerprint density at radius 2 is 1.83 bits per heavy atom. The van der Waals surface area contributed by atoms with Crippen LogP contribution in [-0.2, 0) is 11.2 Å². The van der Waals surface area contributed by atoms with Gasteiger partial charge in [-0.25, -0.2) is 0 Å². The molecule has 1 aromatic carbocycles. The number of hydrogen-bond acceptors (Lipinski definition) is 2. The number of nitrogens with zero attached hydrogens (tertiary/aromatic N) is 1. The van der Waals surface area contributed by atoms with E-state index < -0.39 is 0 Å². The van der Waals surface area contributed by atoms with Gasteiger partial charge in [0.1, 0.15) is 0 Å². The third-order valence-electron chi connectivity index (χ3n) is 7.33. The molecule has 1 saturated heterocycles. The first kappa shape index (κ1) is 23.1. The van der Waals surface area contributed by atoms with Crippen molar-refractivity contribution in [1.82, 2.24) is 10.2 Å². The van der Waals surface area contributed by atoms with Crippen molar-refractivity contribution in [3.63, 3.8) is 0 Å². The van der Waals surface area contributed by atoms with E-state index in [4.69, 9.17) is 0 Å². The minimum absolute atomic E-state index is 0.197. The topological polar surface area (TPSA) is 32.3 Å². The molecule has 1 N–H and O–H groups in total. The number of allylic oxidation sites excluding steroid dienone is 1. The summed E-state index contributed by atoms with van der Waals surface area (Å²) in [6, 6.07) is 9.61. The molecule has 3 rings (SSSR count). The van der Waals surface area contributed by atoms with Gasteiger partial charge in [0, 0.05) is 17.0 Å². The van der Waals surface area contributed by atoms with Crippen molar-refractivity contribution in [1.29, 1.82) is 0 Å². The molecule has 1 amide bonds. The lowest BCUT2D eigenvalue weighted by atomic mass is 9.68.